The first-order valence-corrected chi connectivity index (χ1v) is 9.40. The van der Waals surface area contributed by atoms with Crippen LogP contribution in [0.1, 0.15) is 15.9 Å². The van der Waals surface area contributed by atoms with Crippen LogP contribution >= 0.6 is 23.2 Å². The molecule has 0 aliphatic heterocycles. The number of carbonyl (C=O) groups excluding carboxylic acids is 1. The molecule has 0 spiro atoms. The van der Waals surface area contributed by atoms with Crippen LogP contribution in [-0.2, 0) is 6.54 Å². The van der Waals surface area contributed by atoms with Gasteiger partial charge in [-0.3, -0.25) is 9.78 Å². The summed E-state index contributed by atoms with van der Waals surface area (Å²) in [5.74, 6) is -0.195. The second-order valence-corrected chi connectivity index (χ2v) is 7.07. The number of rotatable bonds is 4. The Morgan fingerprint density at radius 2 is 1.75 bits per heavy atom. The summed E-state index contributed by atoms with van der Waals surface area (Å²) in [4.78, 5) is 21.7. The molecule has 28 heavy (non-hydrogen) atoms. The second kappa shape index (κ2) is 7.97. The molecule has 1 N–H and O–H groups in total. The van der Waals surface area contributed by atoms with E-state index in [9.17, 15) is 4.79 Å². The van der Waals surface area contributed by atoms with Crippen molar-refractivity contribution in [3.05, 3.63) is 94.2 Å². The number of hydrogen-bond donors (Lipinski definition) is 1. The fraction of sp³-hybridized carbons (Fsp3) is 0.0455. The van der Waals surface area contributed by atoms with Gasteiger partial charge in [0, 0.05) is 39.9 Å². The van der Waals surface area contributed by atoms with Crippen molar-refractivity contribution >= 4 is 40.0 Å². The first kappa shape index (κ1) is 18.4. The molecule has 0 fully saturated rings. The van der Waals surface area contributed by atoms with Crippen molar-refractivity contribution in [3.8, 4) is 11.3 Å². The van der Waals surface area contributed by atoms with E-state index in [0.717, 1.165) is 27.7 Å². The van der Waals surface area contributed by atoms with E-state index in [1.165, 1.54) is 0 Å². The molecule has 138 valence electrons. The molecule has 0 bridgehead atoms. The standard InChI is InChI=1S/C22H15Cl2N3O/c23-16-6-5-15(19(24)11-16)13-26-22(28)18-12-21(14-7-9-25-10-8-14)27-20-4-2-1-3-17(18)20/h1-12H,13H2,(H,26,28). The molecule has 4 aromatic rings. The van der Waals surface area contributed by atoms with E-state index in [-0.39, 0.29) is 5.91 Å². The summed E-state index contributed by atoms with van der Waals surface area (Å²) in [6.07, 6.45) is 3.41. The van der Waals surface area contributed by atoms with Gasteiger partial charge < -0.3 is 5.32 Å². The summed E-state index contributed by atoms with van der Waals surface area (Å²) in [5, 5.41) is 4.81. The van der Waals surface area contributed by atoms with Gasteiger partial charge in [-0.25, -0.2) is 4.98 Å². The predicted octanol–water partition coefficient (Wildman–Crippen LogP) is 5.53. The van der Waals surface area contributed by atoms with Gasteiger partial charge in [-0.05, 0) is 42.0 Å². The summed E-state index contributed by atoms with van der Waals surface area (Å²) in [6, 6.07) is 18.3. The lowest BCUT2D eigenvalue weighted by atomic mass is 10.0. The molecule has 6 heteroatoms. The Hall–Kier alpha value is -2.95. The van der Waals surface area contributed by atoms with E-state index in [1.807, 2.05) is 36.4 Å². The van der Waals surface area contributed by atoms with Crippen LogP contribution < -0.4 is 5.32 Å². The minimum atomic E-state index is -0.195. The Labute approximate surface area is 172 Å². The van der Waals surface area contributed by atoms with Crippen LogP contribution in [0.3, 0.4) is 0 Å². The van der Waals surface area contributed by atoms with Crippen LogP contribution in [-0.4, -0.2) is 15.9 Å². The number of benzene rings is 2. The third-order valence-electron chi connectivity index (χ3n) is 4.39. The minimum absolute atomic E-state index is 0.195. The van der Waals surface area contributed by atoms with Gasteiger partial charge in [-0.15, -0.1) is 0 Å². The highest BCUT2D eigenvalue weighted by Crippen LogP contribution is 2.25. The smallest absolute Gasteiger partial charge is 0.252 e. The molecule has 2 heterocycles. The van der Waals surface area contributed by atoms with Gasteiger partial charge in [0.05, 0.1) is 16.8 Å². The Balaban J connectivity index is 1.69. The Kier molecular flexibility index (Phi) is 5.24. The van der Waals surface area contributed by atoms with Gasteiger partial charge in [0.2, 0.25) is 0 Å². The number of nitrogens with zero attached hydrogens (tertiary/aromatic N) is 2. The average molecular weight is 408 g/mol. The zero-order valence-corrected chi connectivity index (χ0v) is 16.2. The summed E-state index contributed by atoms with van der Waals surface area (Å²) in [7, 11) is 0. The zero-order chi connectivity index (χ0) is 19.5. The fourth-order valence-electron chi connectivity index (χ4n) is 2.97. The molecule has 0 unspecified atom stereocenters. The van der Waals surface area contributed by atoms with E-state index in [2.05, 4.69) is 15.3 Å². The quantitative estimate of drug-likeness (QED) is 0.483. The van der Waals surface area contributed by atoms with Crippen LogP contribution in [0.5, 0.6) is 0 Å². The van der Waals surface area contributed by atoms with Gasteiger partial charge in [0.1, 0.15) is 0 Å². The molecular weight excluding hydrogens is 393 g/mol. The predicted molar refractivity (Wildman–Crippen MR) is 113 cm³/mol. The molecular formula is C22H15Cl2N3O. The first-order valence-electron chi connectivity index (χ1n) is 8.64. The molecule has 0 atom stereocenters. The number of aromatic nitrogens is 2. The lowest BCUT2D eigenvalue weighted by Crippen LogP contribution is -2.23. The maximum Gasteiger partial charge on any atom is 0.252 e. The highest BCUT2D eigenvalue weighted by molar-refractivity contribution is 6.35. The Morgan fingerprint density at radius 3 is 2.54 bits per heavy atom. The molecule has 0 saturated heterocycles. The van der Waals surface area contributed by atoms with E-state index >= 15 is 0 Å². The summed E-state index contributed by atoms with van der Waals surface area (Å²) < 4.78 is 0. The average Bonchev–Trinajstić information content (AvgIpc) is 2.72. The van der Waals surface area contributed by atoms with Crippen molar-refractivity contribution in [2.75, 3.05) is 0 Å². The highest BCUT2D eigenvalue weighted by Gasteiger charge is 2.14. The largest absolute Gasteiger partial charge is 0.348 e. The van der Waals surface area contributed by atoms with E-state index in [4.69, 9.17) is 23.2 Å². The van der Waals surface area contributed by atoms with Gasteiger partial charge in [0.25, 0.3) is 5.91 Å². The molecule has 2 aromatic heterocycles. The molecule has 0 aliphatic carbocycles. The fourth-order valence-corrected chi connectivity index (χ4v) is 3.44. The number of carbonyl (C=O) groups is 1. The monoisotopic (exact) mass is 407 g/mol. The number of hydrogen-bond acceptors (Lipinski definition) is 3. The molecule has 2 aromatic carbocycles. The summed E-state index contributed by atoms with van der Waals surface area (Å²) in [6.45, 7) is 0.302. The van der Waals surface area contributed by atoms with Gasteiger partial charge >= 0.3 is 0 Å². The van der Waals surface area contributed by atoms with Gasteiger partial charge in [0.15, 0.2) is 0 Å². The van der Waals surface area contributed by atoms with Crippen molar-refractivity contribution in [2.45, 2.75) is 6.54 Å². The first-order chi connectivity index (χ1) is 13.6. The number of nitrogens with one attached hydrogen (secondary N) is 1. The van der Waals surface area contributed by atoms with Crippen molar-refractivity contribution in [1.82, 2.24) is 15.3 Å². The maximum atomic E-state index is 13.0. The normalized spacial score (nSPS) is 10.8. The third kappa shape index (κ3) is 3.84. The number of pyridine rings is 2. The lowest BCUT2D eigenvalue weighted by molar-refractivity contribution is 0.0952. The van der Waals surface area contributed by atoms with Crippen LogP contribution in [0, 0.1) is 0 Å². The number of halogens is 2. The topological polar surface area (TPSA) is 54.9 Å². The molecule has 0 aliphatic rings. The zero-order valence-electron chi connectivity index (χ0n) is 14.7. The van der Waals surface area contributed by atoms with Crippen LogP contribution in [0.15, 0.2) is 73.1 Å². The molecule has 0 radical (unpaired) electrons. The van der Waals surface area contributed by atoms with Crippen LogP contribution in [0.4, 0.5) is 0 Å². The number of fused-ring (bicyclic) bond motifs is 1. The number of para-hydroxylation sites is 1. The van der Waals surface area contributed by atoms with Crippen LogP contribution in [0.2, 0.25) is 10.0 Å². The van der Waals surface area contributed by atoms with E-state index in [1.54, 1.807) is 36.7 Å². The Morgan fingerprint density at radius 1 is 0.964 bits per heavy atom. The van der Waals surface area contributed by atoms with Gasteiger partial charge in [-0.2, -0.15) is 0 Å². The van der Waals surface area contributed by atoms with Crippen molar-refractivity contribution in [1.29, 1.82) is 0 Å². The molecule has 4 rings (SSSR count). The van der Waals surface area contributed by atoms with Gasteiger partial charge in [-0.1, -0.05) is 47.5 Å². The summed E-state index contributed by atoms with van der Waals surface area (Å²) in [5.41, 5.74) is 3.73. The molecule has 1 amide bonds. The number of amides is 1. The third-order valence-corrected chi connectivity index (χ3v) is 4.98. The Bertz CT molecular complexity index is 1160. The highest BCUT2D eigenvalue weighted by atomic mass is 35.5. The van der Waals surface area contributed by atoms with E-state index in [0.29, 0.717) is 22.2 Å². The van der Waals surface area contributed by atoms with E-state index < -0.39 is 0 Å². The minimum Gasteiger partial charge on any atom is -0.348 e. The van der Waals surface area contributed by atoms with Crippen molar-refractivity contribution in [2.24, 2.45) is 0 Å². The molecule has 0 saturated carbocycles. The SMILES string of the molecule is O=C(NCc1ccc(Cl)cc1Cl)c1cc(-c2ccncc2)nc2ccccc12. The van der Waals surface area contributed by atoms with Crippen molar-refractivity contribution in [3.63, 3.8) is 0 Å². The van der Waals surface area contributed by atoms with Crippen molar-refractivity contribution < 1.29 is 4.79 Å². The summed E-state index contributed by atoms with van der Waals surface area (Å²) >= 11 is 12.1. The molecule has 4 nitrogen and oxygen atoms in total. The lowest BCUT2D eigenvalue weighted by Gasteiger charge is -2.11. The maximum absolute atomic E-state index is 13.0. The van der Waals surface area contributed by atoms with Crippen LogP contribution in [0.25, 0.3) is 22.2 Å². The second-order valence-electron chi connectivity index (χ2n) is 6.23.